The number of amides is 2. The van der Waals surface area contributed by atoms with Gasteiger partial charge in [-0.1, -0.05) is 33.6 Å². The molecule has 0 aliphatic carbocycles. The van der Waals surface area contributed by atoms with Gasteiger partial charge in [0.25, 0.3) is 5.91 Å². The van der Waals surface area contributed by atoms with Crippen LogP contribution in [-0.2, 0) is 14.8 Å². The van der Waals surface area contributed by atoms with Gasteiger partial charge in [-0.3, -0.25) is 9.59 Å². The molecule has 0 bridgehead atoms. The zero-order valence-electron chi connectivity index (χ0n) is 16.7. The second-order valence-corrected chi connectivity index (χ2v) is 9.96. The number of sulfonamides is 1. The molecule has 2 aromatic carbocycles. The summed E-state index contributed by atoms with van der Waals surface area (Å²) in [7, 11) is -3.55. The van der Waals surface area contributed by atoms with Crippen LogP contribution in [0.2, 0.25) is 0 Å². The fourth-order valence-electron chi connectivity index (χ4n) is 3.18. The molecule has 2 aromatic rings. The van der Waals surface area contributed by atoms with E-state index in [0.29, 0.717) is 18.7 Å². The monoisotopic (exact) mass is 493 g/mol. The van der Waals surface area contributed by atoms with Crippen molar-refractivity contribution in [3.8, 4) is 0 Å². The molecular formula is C21H24BrN3O4S. The number of benzene rings is 2. The van der Waals surface area contributed by atoms with Crippen LogP contribution < -0.4 is 5.32 Å². The molecule has 0 radical (unpaired) electrons. The van der Waals surface area contributed by atoms with E-state index in [0.717, 1.165) is 10.0 Å². The van der Waals surface area contributed by atoms with Crippen molar-refractivity contribution >= 4 is 37.8 Å². The van der Waals surface area contributed by atoms with Crippen molar-refractivity contribution in [1.29, 1.82) is 0 Å². The number of aryl methyl sites for hydroxylation is 1. The van der Waals surface area contributed by atoms with Crippen LogP contribution in [0.1, 0.15) is 22.3 Å². The second-order valence-electron chi connectivity index (χ2n) is 7.11. The first-order valence-electron chi connectivity index (χ1n) is 9.66. The lowest BCUT2D eigenvalue weighted by molar-refractivity contribution is -0.132. The third-order valence-electron chi connectivity index (χ3n) is 4.98. The Hall–Kier alpha value is -2.23. The fraction of sp³-hybridized carbons (Fsp3) is 0.333. The van der Waals surface area contributed by atoms with Gasteiger partial charge in [0, 0.05) is 49.2 Å². The smallest absolute Gasteiger partial charge is 0.251 e. The topological polar surface area (TPSA) is 86.8 Å². The molecule has 2 amide bonds. The zero-order chi connectivity index (χ0) is 21.7. The van der Waals surface area contributed by atoms with Gasteiger partial charge in [0.15, 0.2) is 0 Å². The Bertz CT molecular complexity index is 1000. The van der Waals surface area contributed by atoms with Crippen LogP contribution in [0.25, 0.3) is 0 Å². The predicted octanol–water partition coefficient (Wildman–Crippen LogP) is 2.41. The highest BCUT2D eigenvalue weighted by atomic mass is 79.9. The molecule has 1 saturated heterocycles. The molecule has 9 heteroatoms. The molecule has 30 heavy (non-hydrogen) atoms. The van der Waals surface area contributed by atoms with Crippen molar-refractivity contribution in [2.45, 2.75) is 18.2 Å². The van der Waals surface area contributed by atoms with E-state index in [-0.39, 0.29) is 42.8 Å². The Kier molecular flexibility index (Phi) is 7.27. The van der Waals surface area contributed by atoms with E-state index in [2.05, 4.69) is 21.2 Å². The van der Waals surface area contributed by atoms with Crippen molar-refractivity contribution in [3.63, 3.8) is 0 Å². The normalized spacial score (nSPS) is 15.1. The molecule has 7 nitrogen and oxygen atoms in total. The molecule has 0 aromatic heterocycles. The minimum atomic E-state index is -3.55. The van der Waals surface area contributed by atoms with Gasteiger partial charge in [0.05, 0.1) is 4.90 Å². The van der Waals surface area contributed by atoms with Gasteiger partial charge < -0.3 is 10.2 Å². The number of piperazine rings is 1. The van der Waals surface area contributed by atoms with Crippen molar-refractivity contribution in [3.05, 3.63) is 64.1 Å². The van der Waals surface area contributed by atoms with Gasteiger partial charge in [-0.25, -0.2) is 8.42 Å². The average Bonchev–Trinajstić information content (AvgIpc) is 2.74. The van der Waals surface area contributed by atoms with Crippen LogP contribution in [-0.4, -0.2) is 62.2 Å². The van der Waals surface area contributed by atoms with Crippen molar-refractivity contribution in [2.24, 2.45) is 0 Å². The van der Waals surface area contributed by atoms with Gasteiger partial charge in [-0.05, 0) is 43.3 Å². The molecular weight excluding hydrogens is 470 g/mol. The van der Waals surface area contributed by atoms with E-state index in [1.807, 2.05) is 6.92 Å². The van der Waals surface area contributed by atoms with E-state index in [1.54, 1.807) is 53.4 Å². The Balaban J connectivity index is 1.46. The van der Waals surface area contributed by atoms with E-state index >= 15 is 0 Å². The molecule has 1 N–H and O–H groups in total. The Morgan fingerprint density at radius 1 is 0.967 bits per heavy atom. The minimum absolute atomic E-state index is 0.0986. The third kappa shape index (κ3) is 5.47. The van der Waals surface area contributed by atoms with Crippen LogP contribution >= 0.6 is 15.9 Å². The summed E-state index contributed by atoms with van der Waals surface area (Å²) >= 11 is 3.32. The SMILES string of the molecule is Cc1ccc(S(=O)(=O)N2CCN(C(=O)CCNC(=O)c3ccc(Br)cc3)CC2)cc1. The maximum Gasteiger partial charge on any atom is 0.251 e. The predicted molar refractivity (Wildman–Crippen MR) is 118 cm³/mol. The lowest BCUT2D eigenvalue weighted by Gasteiger charge is -2.34. The fourth-order valence-corrected chi connectivity index (χ4v) is 4.87. The summed E-state index contributed by atoms with van der Waals surface area (Å²) in [5, 5.41) is 2.74. The van der Waals surface area contributed by atoms with Crippen LogP contribution in [0.15, 0.2) is 57.9 Å². The number of halogens is 1. The highest BCUT2D eigenvalue weighted by Gasteiger charge is 2.29. The van der Waals surface area contributed by atoms with Crippen LogP contribution in [0.3, 0.4) is 0 Å². The number of nitrogens with zero attached hydrogens (tertiary/aromatic N) is 2. The Labute approximate surface area is 185 Å². The molecule has 0 spiro atoms. The lowest BCUT2D eigenvalue weighted by atomic mass is 10.2. The lowest BCUT2D eigenvalue weighted by Crippen LogP contribution is -2.50. The average molecular weight is 494 g/mol. The molecule has 160 valence electrons. The molecule has 1 aliphatic heterocycles. The molecule has 1 heterocycles. The molecule has 3 rings (SSSR count). The summed E-state index contributed by atoms with van der Waals surface area (Å²) in [6.45, 7) is 3.33. The highest BCUT2D eigenvalue weighted by Crippen LogP contribution is 2.18. The first kappa shape index (κ1) is 22.5. The summed E-state index contributed by atoms with van der Waals surface area (Å²) in [6.07, 6.45) is 0.174. The van der Waals surface area contributed by atoms with Crippen molar-refractivity contribution in [2.75, 3.05) is 32.7 Å². The van der Waals surface area contributed by atoms with Gasteiger partial charge in [-0.15, -0.1) is 0 Å². The summed E-state index contributed by atoms with van der Waals surface area (Å²) < 4.78 is 27.8. The molecule has 0 saturated carbocycles. The van der Waals surface area contributed by atoms with Crippen molar-refractivity contribution < 1.29 is 18.0 Å². The van der Waals surface area contributed by atoms with Crippen LogP contribution in [0, 0.1) is 6.92 Å². The molecule has 1 aliphatic rings. The third-order valence-corrected chi connectivity index (χ3v) is 7.42. The van der Waals surface area contributed by atoms with E-state index in [4.69, 9.17) is 0 Å². The zero-order valence-corrected chi connectivity index (χ0v) is 19.1. The van der Waals surface area contributed by atoms with E-state index < -0.39 is 10.0 Å². The van der Waals surface area contributed by atoms with Gasteiger partial charge in [0.2, 0.25) is 15.9 Å². The summed E-state index contributed by atoms with van der Waals surface area (Å²) in [5.74, 6) is -0.331. The molecule has 1 fully saturated rings. The Morgan fingerprint density at radius 3 is 2.17 bits per heavy atom. The quantitative estimate of drug-likeness (QED) is 0.669. The second kappa shape index (κ2) is 9.72. The summed E-state index contributed by atoms with van der Waals surface area (Å²) in [6, 6.07) is 13.7. The largest absolute Gasteiger partial charge is 0.352 e. The van der Waals surface area contributed by atoms with Crippen LogP contribution in [0.5, 0.6) is 0 Å². The summed E-state index contributed by atoms with van der Waals surface area (Å²) in [4.78, 5) is 26.4. The maximum absolute atomic E-state index is 12.7. The van der Waals surface area contributed by atoms with Gasteiger partial charge in [-0.2, -0.15) is 4.31 Å². The first-order valence-corrected chi connectivity index (χ1v) is 11.9. The number of nitrogens with one attached hydrogen (secondary N) is 1. The molecule has 0 unspecified atom stereocenters. The Morgan fingerprint density at radius 2 is 1.57 bits per heavy atom. The van der Waals surface area contributed by atoms with Crippen LogP contribution in [0.4, 0.5) is 0 Å². The molecule has 0 atom stereocenters. The maximum atomic E-state index is 12.7. The van der Waals surface area contributed by atoms with Gasteiger partial charge in [0.1, 0.15) is 0 Å². The van der Waals surface area contributed by atoms with Crippen molar-refractivity contribution in [1.82, 2.24) is 14.5 Å². The number of hydrogen-bond acceptors (Lipinski definition) is 4. The highest BCUT2D eigenvalue weighted by molar-refractivity contribution is 9.10. The number of hydrogen-bond donors (Lipinski definition) is 1. The van der Waals surface area contributed by atoms with E-state index in [1.165, 1.54) is 4.31 Å². The minimum Gasteiger partial charge on any atom is -0.352 e. The number of carbonyl (C=O) groups is 2. The van der Waals surface area contributed by atoms with Gasteiger partial charge >= 0.3 is 0 Å². The summed E-state index contributed by atoms with van der Waals surface area (Å²) in [5.41, 5.74) is 1.53. The number of rotatable bonds is 6. The standard InChI is InChI=1S/C21H24BrN3O4S/c1-16-2-8-19(9-3-16)30(28,29)25-14-12-24(13-15-25)20(26)10-11-23-21(27)17-4-6-18(22)7-5-17/h2-9H,10-15H2,1H3,(H,23,27). The van der Waals surface area contributed by atoms with E-state index in [9.17, 15) is 18.0 Å². The number of carbonyl (C=O) groups excluding carboxylic acids is 2. The first-order chi connectivity index (χ1) is 14.3.